The molecule has 3 nitrogen and oxygen atoms in total. The number of aromatic nitrogens is 1. The number of nitrogens with zero attached hydrogens (tertiary/aromatic N) is 1. The zero-order valence-electron chi connectivity index (χ0n) is 3.92. The van der Waals surface area contributed by atoms with Gasteiger partial charge in [-0.05, 0) is 0 Å². The minimum atomic E-state index is 0.444. The molecule has 0 amide bonds. The lowest BCUT2D eigenvalue weighted by atomic mass is 10.7. The highest BCUT2D eigenvalue weighted by Crippen LogP contribution is 2.03. The molecule has 0 fully saturated rings. The van der Waals surface area contributed by atoms with E-state index < -0.39 is 0 Å². The van der Waals surface area contributed by atoms with E-state index in [2.05, 4.69) is 14.4 Å². The van der Waals surface area contributed by atoms with Crippen molar-refractivity contribution in [1.29, 1.82) is 0 Å². The van der Waals surface area contributed by atoms with Gasteiger partial charge in [-0.2, -0.15) is 0 Å². The number of hydrogen-bond acceptors (Lipinski definition) is 3. The summed E-state index contributed by atoms with van der Waals surface area (Å²) in [5.74, 6) is 0.444. The SMILES string of the molecule is COc1ccno1. The van der Waals surface area contributed by atoms with Crippen LogP contribution in [0.15, 0.2) is 16.8 Å². The molecule has 0 atom stereocenters. The topological polar surface area (TPSA) is 35.3 Å². The van der Waals surface area contributed by atoms with Gasteiger partial charge in [-0.3, -0.25) is 0 Å². The predicted molar refractivity (Wildman–Crippen MR) is 23.1 cm³/mol. The van der Waals surface area contributed by atoms with Gasteiger partial charge in [-0.1, -0.05) is 5.16 Å². The number of methoxy groups -OCH3 is 1. The molecule has 0 N–H and O–H groups in total. The molecule has 1 heterocycles. The maximum atomic E-state index is 4.62. The maximum absolute atomic E-state index is 4.62. The quantitative estimate of drug-likeness (QED) is 0.519. The first-order valence-corrected chi connectivity index (χ1v) is 1.88. The first-order valence-electron chi connectivity index (χ1n) is 1.88. The van der Waals surface area contributed by atoms with E-state index in [-0.39, 0.29) is 0 Å². The molecule has 0 aliphatic rings. The van der Waals surface area contributed by atoms with Gasteiger partial charge in [0, 0.05) is 6.07 Å². The molecule has 0 aliphatic carbocycles. The molecule has 0 saturated carbocycles. The van der Waals surface area contributed by atoms with E-state index in [1.807, 2.05) is 0 Å². The highest BCUT2D eigenvalue weighted by molar-refractivity contribution is 4.97. The van der Waals surface area contributed by atoms with Gasteiger partial charge in [-0.25, -0.2) is 0 Å². The van der Waals surface area contributed by atoms with Crippen LogP contribution in [-0.2, 0) is 0 Å². The average Bonchev–Trinajstić information content (AvgIpc) is 2.14. The Morgan fingerprint density at radius 3 is 3.00 bits per heavy atom. The highest BCUT2D eigenvalue weighted by atomic mass is 16.6. The highest BCUT2D eigenvalue weighted by Gasteiger charge is 1.87. The van der Waals surface area contributed by atoms with Gasteiger partial charge < -0.3 is 9.26 Å². The maximum Gasteiger partial charge on any atom is 0.310 e. The monoisotopic (exact) mass is 99.0 g/mol. The van der Waals surface area contributed by atoms with Crippen molar-refractivity contribution in [1.82, 2.24) is 5.16 Å². The lowest BCUT2D eigenvalue weighted by Gasteiger charge is -1.83. The summed E-state index contributed by atoms with van der Waals surface area (Å²) in [7, 11) is 1.53. The van der Waals surface area contributed by atoms with Crippen LogP contribution >= 0.6 is 0 Å². The molecule has 3 heteroatoms. The lowest BCUT2D eigenvalue weighted by Crippen LogP contribution is -1.75. The Labute approximate surface area is 40.9 Å². The summed E-state index contributed by atoms with van der Waals surface area (Å²) in [6.45, 7) is 0. The van der Waals surface area contributed by atoms with Crippen LogP contribution < -0.4 is 4.74 Å². The zero-order valence-corrected chi connectivity index (χ0v) is 3.92. The van der Waals surface area contributed by atoms with Crippen molar-refractivity contribution in [2.24, 2.45) is 0 Å². The Morgan fingerprint density at radius 2 is 2.71 bits per heavy atom. The van der Waals surface area contributed by atoms with Crippen LogP contribution in [-0.4, -0.2) is 12.3 Å². The fourth-order valence-electron chi connectivity index (χ4n) is 0.309. The van der Waals surface area contributed by atoms with Gasteiger partial charge >= 0.3 is 5.95 Å². The van der Waals surface area contributed by atoms with Gasteiger partial charge in [0.25, 0.3) is 0 Å². The Balaban J connectivity index is 2.76. The molecule has 0 spiro atoms. The molecule has 0 unspecified atom stereocenters. The van der Waals surface area contributed by atoms with Crippen LogP contribution in [0.25, 0.3) is 0 Å². The molecule has 1 aromatic heterocycles. The Hall–Kier alpha value is -0.990. The van der Waals surface area contributed by atoms with Crippen LogP contribution in [0.5, 0.6) is 5.95 Å². The van der Waals surface area contributed by atoms with Crippen molar-refractivity contribution in [2.45, 2.75) is 0 Å². The van der Waals surface area contributed by atoms with E-state index in [9.17, 15) is 0 Å². The lowest BCUT2D eigenvalue weighted by molar-refractivity contribution is 0.261. The van der Waals surface area contributed by atoms with E-state index in [0.717, 1.165) is 0 Å². The molecule has 7 heavy (non-hydrogen) atoms. The van der Waals surface area contributed by atoms with Crippen molar-refractivity contribution in [3.63, 3.8) is 0 Å². The molecular formula is C4H5NO2. The second kappa shape index (κ2) is 1.64. The van der Waals surface area contributed by atoms with E-state index in [0.29, 0.717) is 5.95 Å². The fraction of sp³-hybridized carbons (Fsp3) is 0.250. The summed E-state index contributed by atoms with van der Waals surface area (Å²) in [5.41, 5.74) is 0. The molecular weight excluding hydrogens is 94.0 g/mol. The van der Waals surface area contributed by atoms with Gasteiger partial charge in [0.1, 0.15) is 0 Å². The van der Waals surface area contributed by atoms with Gasteiger partial charge in [0.2, 0.25) is 0 Å². The van der Waals surface area contributed by atoms with Crippen LogP contribution in [0.1, 0.15) is 0 Å². The molecule has 0 radical (unpaired) electrons. The summed E-state index contributed by atoms with van der Waals surface area (Å²) >= 11 is 0. The summed E-state index contributed by atoms with van der Waals surface area (Å²) in [5, 5.41) is 3.39. The minimum Gasteiger partial charge on any atom is -0.467 e. The van der Waals surface area contributed by atoms with Crippen molar-refractivity contribution in [3.05, 3.63) is 12.3 Å². The van der Waals surface area contributed by atoms with Crippen molar-refractivity contribution >= 4 is 0 Å². The van der Waals surface area contributed by atoms with E-state index >= 15 is 0 Å². The average molecular weight is 99.1 g/mol. The van der Waals surface area contributed by atoms with Gasteiger partial charge in [0.15, 0.2) is 0 Å². The molecule has 0 aromatic carbocycles. The number of hydrogen-bond donors (Lipinski definition) is 0. The Kier molecular flexibility index (Phi) is 0.978. The van der Waals surface area contributed by atoms with Crippen LogP contribution in [0.3, 0.4) is 0 Å². The zero-order chi connectivity index (χ0) is 5.11. The third kappa shape index (κ3) is 0.707. The normalized spacial score (nSPS) is 8.71. The standard InChI is InChI=1S/C4H5NO2/c1-6-4-2-3-5-7-4/h2-3H,1H3. The summed E-state index contributed by atoms with van der Waals surface area (Å²) in [6.07, 6.45) is 1.53. The Bertz CT molecular complexity index is 124. The van der Waals surface area contributed by atoms with Crippen molar-refractivity contribution in [2.75, 3.05) is 7.11 Å². The second-order valence-corrected chi connectivity index (χ2v) is 1.04. The van der Waals surface area contributed by atoms with Crippen LogP contribution in [0.4, 0.5) is 0 Å². The van der Waals surface area contributed by atoms with Crippen LogP contribution in [0.2, 0.25) is 0 Å². The van der Waals surface area contributed by atoms with Gasteiger partial charge in [-0.15, -0.1) is 0 Å². The molecule has 0 saturated heterocycles. The third-order valence-corrected chi connectivity index (χ3v) is 0.615. The summed E-state index contributed by atoms with van der Waals surface area (Å²) in [6, 6.07) is 1.64. The molecule has 38 valence electrons. The largest absolute Gasteiger partial charge is 0.467 e. The van der Waals surface area contributed by atoms with Crippen molar-refractivity contribution < 1.29 is 9.26 Å². The summed E-state index contributed by atoms with van der Waals surface area (Å²) < 4.78 is 9.14. The smallest absolute Gasteiger partial charge is 0.310 e. The van der Waals surface area contributed by atoms with E-state index in [1.165, 1.54) is 13.3 Å². The van der Waals surface area contributed by atoms with E-state index in [1.54, 1.807) is 6.07 Å². The Morgan fingerprint density at radius 1 is 1.86 bits per heavy atom. The molecule has 1 aromatic rings. The van der Waals surface area contributed by atoms with Gasteiger partial charge in [0.05, 0.1) is 13.3 Å². The molecule has 1 rings (SSSR count). The number of rotatable bonds is 1. The number of ether oxygens (including phenoxy) is 1. The fourth-order valence-corrected chi connectivity index (χ4v) is 0.309. The van der Waals surface area contributed by atoms with E-state index in [4.69, 9.17) is 0 Å². The second-order valence-electron chi connectivity index (χ2n) is 1.04. The molecule has 0 aliphatic heterocycles. The van der Waals surface area contributed by atoms with Crippen molar-refractivity contribution in [3.8, 4) is 5.95 Å². The summed E-state index contributed by atoms with van der Waals surface area (Å²) in [4.78, 5) is 0. The first kappa shape index (κ1) is 4.18. The predicted octanol–water partition coefficient (Wildman–Crippen LogP) is 0.683. The molecule has 0 bridgehead atoms. The van der Waals surface area contributed by atoms with Crippen LogP contribution in [0, 0.1) is 0 Å². The minimum absolute atomic E-state index is 0.444. The first-order chi connectivity index (χ1) is 3.43. The third-order valence-electron chi connectivity index (χ3n) is 0.615.